The lowest BCUT2D eigenvalue weighted by molar-refractivity contribution is -0.0409. The number of hydrogen-bond donors (Lipinski definition) is 4. The maximum Gasteiger partial charge on any atom is 0.208 e. The SMILES string of the molecule is CCCCC(CC)COC1N=C(C2=CCC3CCC4C=CCC5CCC2C3C45)NC(C2C(O)C=CCC2O)N1. The van der Waals surface area contributed by atoms with Gasteiger partial charge in [0.05, 0.1) is 25.0 Å². The van der Waals surface area contributed by atoms with E-state index in [1.54, 1.807) is 0 Å². The lowest BCUT2D eigenvalue weighted by Gasteiger charge is -2.56. The molecule has 12 atom stereocenters. The molecule has 6 nitrogen and oxygen atoms in total. The first-order chi connectivity index (χ1) is 19.1. The fourth-order valence-electron chi connectivity index (χ4n) is 9.10. The number of ether oxygens (including phenoxy) is 1. The van der Waals surface area contributed by atoms with Gasteiger partial charge < -0.3 is 20.3 Å². The van der Waals surface area contributed by atoms with Gasteiger partial charge in [-0.25, -0.2) is 4.99 Å². The average Bonchev–Trinajstić information content (AvgIpc) is 2.96. The summed E-state index contributed by atoms with van der Waals surface area (Å²) in [6.07, 6.45) is 22.0. The summed E-state index contributed by atoms with van der Waals surface area (Å²) < 4.78 is 6.46. The van der Waals surface area contributed by atoms with Gasteiger partial charge in [0.25, 0.3) is 0 Å². The van der Waals surface area contributed by atoms with Crippen LogP contribution in [-0.4, -0.2) is 47.4 Å². The van der Waals surface area contributed by atoms with Crippen molar-refractivity contribution in [1.82, 2.24) is 10.6 Å². The molecule has 6 heteroatoms. The zero-order chi connectivity index (χ0) is 26.9. The van der Waals surface area contributed by atoms with E-state index in [0.29, 0.717) is 24.9 Å². The van der Waals surface area contributed by atoms with Crippen LogP contribution in [0.15, 0.2) is 40.9 Å². The molecule has 0 aromatic carbocycles. The van der Waals surface area contributed by atoms with Crippen LogP contribution < -0.4 is 10.6 Å². The Kier molecular flexibility index (Phi) is 8.65. The van der Waals surface area contributed by atoms with Crippen molar-refractivity contribution in [2.45, 2.75) is 109 Å². The zero-order valence-corrected chi connectivity index (χ0v) is 24.1. The number of aliphatic imine (C=N–C) groups is 1. The smallest absolute Gasteiger partial charge is 0.208 e. The van der Waals surface area contributed by atoms with Gasteiger partial charge in [0.1, 0.15) is 5.84 Å². The van der Waals surface area contributed by atoms with E-state index in [1.165, 1.54) is 56.9 Å². The molecule has 0 saturated heterocycles. The fourth-order valence-corrected chi connectivity index (χ4v) is 9.10. The quantitative estimate of drug-likeness (QED) is 0.300. The van der Waals surface area contributed by atoms with Crippen molar-refractivity contribution in [3.05, 3.63) is 36.0 Å². The Bertz CT molecular complexity index is 975. The molecule has 6 rings (SSSR count). The molecule has 6 aliphatic rings. The molecule has 4 N–H and O–H groups in total. The second kappa shape index (κ2) is 12.2. The molecule has 216 valence electrons. The number of nitrogens with zero attached hydrogens (tertiary/aromatic N) is 1. The summed E-state index contributed by atoms with van der Waals surface area (Å²) in [5.74, 6) is 5.62. The second-order valence-electron chi connectivity index (χ2n) is 13.3. The van der Waals surface area contributed by atoms with Crippen molar-refractivity contribution in [3.8, 4) is 0 Å². The number of aliphatic hydroxyl groups is 2. The first-order valence-electron chi connectivity index (χ1n) is 16.2. The Labute approximate surface area is 235 Å². The summed E-state index contributed by atoms with van der Waals surface area (Å²) in [5, 5.41) is 29.0. The second-order valence-corrected chi connectivity index (χ2v) is 13.3. The fraction of sp³-hybridized carbons (Fsp3) is 0.788. The highest BCUT2D eigenvalue weighted by molar-refractivity contribution is 5.99. The highest BCUT2D eigenvalue weighted by Crippen LogP contribution is 2.58. The normalized spacial score (nSPS) is 43.6. The molecule has 12 unspecified atom stereocenters. The molecule has 1 heterocycles. The molecule has 0 aromatic rings. The maximum atomic E-state index is 10.9. The molecule has 1 aliphatic heterocycles. The summed E-state index contributed by atoms with van der Waals surface area (Å²) >= 11 is 0. The number of allylic oxidation sites excluding steroid dienone is 3. The number of unbranched alkanes of at least 4 members (excludes halogenated alkanes) is 1. The van der Waals surface area contributed by atoms with E-state index in [4.69, 9.17) is 9.73 Å². The van der Waals surface area contributed by atoms with E-state index < -0.39 is 18.6 Å². The van der Waals surface area contributed by atoms with Gasteiger partial charge in [0, 0.05) is 5.92 Å². The Balaban J connectivity index is 1.26. The minimum Gasteiger partial charge on any atom is -0.392 e. The van der Waals surface area contributed by atoms with E-state index in [1.807, 2.05) is 12.2 Å². The lowest BCUT2D eigenvalue weighted by Crippen LogP contribution is -2.63. The molecule has 0 amide bonds. The molecular formula is C33H51N3O3. The van der Waals surface area contributed by atoms with Crippen LogP contribution in [0.4, 0.5) is 0 Å². The molecule has 2 saturated carbocycles. The van der Waals surface area contributed by atoms with E-state index in [2.05, 4.69) is 42.7 Å². The summed E-state index contributed by atoms with van der Waals surface area (Å²) in [5.41, 5.74) is 1.37. The third kappa shape index (κ3) is 5.56. The van der Waals surface area contributed by atoms with E-state index in [0.717, 1.165) is 48.3 Å². The minimum absolute atomic E-state index is 0.306. The third-order valence-corrected chi connectivity index (χ3v) is 11.2. The minimum atomic E-state index is -0.708. The molecule has 39 heavy (non-hydrogen) atoms. The van der Waals surface area contributed by atoms with Gasteiger partial charge in [-0.15, -0.1) is 0 Å². The van der Waals surface area contributed by atoms with E-state index >= 15 is 0 Å². The Hall–Kier alpha value is -1.47. The standard InChI is InChI=1S/C33H51N3O3/c1-3-5-8-20(4-2)19-39-33-35-31(34-32(36-33)30-26(37)11-7-12-27(30)38)25-18-16-23-14-13-21-9-6-10-22-15-17-24(25)29(23)28(21)22/h6-7,9,11,18,20-24,26-30,32-33,36-38H,3-5,8,10,12-17,19H2,1-2H3,(H,34,35). The number of amidine groups is 1. The lowest BCUT2D eigenvalue weighted by atomic mass is 9.49. The number of rotatable bonds is 9. The molecule has 2 fully saturated rings. The van der Waals surface area contributed by atoms with Crippen molar-refractivity contribution >= 4 is 5.84 Å². The van der Waals surface area contributed by atoms with Crippen molar-refractivity contribution in [2.24, 2.45) is 52.3 Å². The van der Waals surface area contributed by atoms with Crippen molar-refractivity contribution < 1.29 is 14.9 Å². The molecule has 0 radical (unpaired) electrons. The number of aliphatic hydroxyl groups excluding tert-OH is 2. The zero-order valence-electron chi connectivity index (χ0n) is 24.1. The van der Waals surface area contributed by atoms with Gasteiger partial charge in [-0.3, -0.25) is 5.32 Å². The van der Waals surface area contributed by atoms with Crippen LogP contribution in [0, 0.1) is 47.3 Å². The van der Waals surface area contributed by atoms with Crippen LogP contribution in [-0.2, 0) is 4.74 Å². The maximum absolute atomic E-state index is 10.9. The average molecular weight is 538 g/mol. The Morgan fingerprint density at radius 2 is 1.79 bits per heavy atom. The van der Waals surface area contributed by atoms with Crippen LogP contribution >= 0.6 is 0 Å². The Morgan fingerprint density at radius 3 is 2.62 bits per heavy atom. The molecular weight excluding hydrogens is 486 g/mol. The van der Waals surface area contributed by atoms with Gasteiger partial charge in [0.2, 0.25) is 6.35 Å². The van der Waals surface area contributed by atoms with Gasteiger partial charge in [-0.1, -0.05) is 63.5 Å². The van der Waals surface area contributed by atoms with Crippen molar-refractivity contribution in [1.29, 1.82) is 0 Å². The van der Waals surface area contributed by atoms with Gasteiger partial charge >= 0.3 is 0 Å². The van der Waals surface area contributed by atoms with Crippen LogP contribution in [0.5, 0.6) is 0 Å². The predicted octanol–water partition coefficient (Wildman–Crippen LogP) is 5.29. The molecule has 0 bridgehead atoms. The number of nitrogens with one attached hydrogen (secondary N) is 2. The third-order valence-electron chi connectivity index (χ3n) is 11.2. The number of hydrogen-bond acceptors (Lipinski definition) is 6. The van der Waals surface area contributed by atoms with Gasteiger partial charge in [-0.05, 0) is 98.4 Å². The van der Waals surface area contributed by atoms with Crippen molar-refractivity contribution in [2.75, 3.05) is 6.61 Å². The van der Waals surface area contributed by atoms with Crippen LogP contribution in [0.25, 0.3) is 0 Å². The molecule has 5 aliphatic carbocycles. The van der Waals surface area contributed by atoms with E-state index in [9.17, 15) is 10.2 Å². The van der Waals surface area contributed by atoms with E-state index in [-0.39, 0.29) is 12.1 Å². The first kappa shape index (κ1) is 27.7. The van der Waals surface area contributed by atoms with Crippen LogP contribution in [0.1, 0.15) is 84.5 Å². The predicted molar refractivity (Wildman–Crippen MR) is 156 cm³/mol. The highest BCUT2D eigenvalue weighted by atomic mass is 16.5. The van der Waals surface area contributed by atoms with Gasteiger partial charge in [0.15, 0.2) is 0 Å². The summed E-state index contributed by atoms with van der Waals surface area (Å²) in [6, 6.07) is 0. The summed E-state index contributed by atoms with van der Waals surface area (Å²) in [6.45, 7) is 5.17. The van der Waals surface area contributed by atoms with Crippen LogP contribution in [0.2, 0.25) is 0 Å². The Morgan fingerprint density at radius 1 is 0.974 bits per heavy atom. The molecule has 0 aromatic heterocycles. The topological polar surface area (TPSA) is 86.1 Å². The largest absolute Gasteiger partial charge is 0.392 e. The molecule has 0 spiro atoms. The van der Waals surface area contributed by atoms with Crippen LogP contribution in [0.3, 0.4) is 0 Å². The van der Waals surface area contributed by atoms with Crippen molar-refractivity contribution in [3.63, 3.8) is 0 Å². The monoisotopic (exact) mass is 537 g/mol. The first-order valence-corrected chi connectivity index (χ1v) is 16.2. The highest BCUT2D eigenvalue weighted by Gasteiger charge is 2.52. The van der Waals surface area contributed by atoms with Gasteiger partial charge in [-0.2, -0.15) is 0 Å². The summed E-state index contributed by atoms with van der Waals surface area (Å²) in [7, 11) is 0. The summed E-state index contributed by atoms with van der Waals surface area (Å²) in [4.78, 5) is 5.15.